The van der Waals surface area contributed by atoms with Crippen molar-refractivity contribution in [2.45, 2.75) is 13.0 Å². The standard InChI is InChI=1S/C18H14Cl2FN3O2/c1-9(12-7-15(21)14(20)8-13(12)19)22-17(25)16-10-5-3-4-6-11(10)18(26)24(2)23-16/h3-9H,1-2H3,(H,22,25)/t9-/m0/s1. The Bertz CT molecular complexity index is 1080. The number of nitrogens with zero attached hydrogens (tertiary/aromatic N) is 2. The zero-order chi connectivity index (χ0) is 19.0. The van der Waals surface area contributed by atoms with Crippen LogP contribution in [0.3, 0.4) is 0 Å². The molecule has 0 radical (unpaired) electrons. The van der Waals surface area contributed by atoms with Crippen LogP contribution in [-0.2, 0) is 7.05 Å². The Morgan fingerprint density at radius 2 is 1.85 bits per heavy atom. The lowest BCUT2D eigenvalue weighted by Crippen LogP contribution is -2.31. The first kappa shape index (κ1) is 18.4. The Hall–Kier alpha value is -2.44. The summed E-state index contributed by atoms with van der Waals surface area (Å²) in [6, 6.07) is 8.58. The smallest absolute Gasteiger partial charge is 0.274 e. The van der Waals surface area contributed by atoms with E-state index in [0.29, 0.717) is 16.3 Å². The summed E-state index contributed by atoms with van der Waals surface area (Å²) in [5.74, 6) is -1.13. The highest BCUT2D eigenvalue weighted by Crippen LogP contribution is 2.29. The predicted octanol–water partition coefficient (Wildman–Crippen LogP) is 3.87. The van der Waals surface area contributed by atoms with Gasteiger partial charge in [0, 0.05) is 17.5 Å². The molecule has 134 valence electrons. The van der Waals surface area contributed by atoms with Gasteiger partial charge in [-0.1, -0.05) is 41.4 Å². The van der Waals surface area contributed by atoms with Gasteiger partial charge >= 0.3 is 0 Å². The Labute approximate surface area is 158 Å². The van der Waals surface area contributed by atoms with E-state index in [-0.39, 0.29) is 21.3 Å². The molecule has 1 amide bonds. The number of benzene rings is 2. The normalized spacial score (nSPS) is 12.2. The molecule has 26 heavy (non-hydrogen) atoms. The van der Waals surface area contributed by atoms with Gasteiger partial charge in [0.05, 0.1) is 16.5 Å². The largest absolute Gasteiger partial charge is 0.344 e. The number of carbonyl (C=O) groups excluding carboxylic acids is 1. The van der Waals surface area contributed by atoms with Gasteiger partial charge in [0.2, 0.25) is 0 Å². The van der Waals surface area contributed by atoms with Crippen LogP contribution in [0.5, 0.6) is 0 Å². The molecule has 3 aromatic rings. The fourth-order valence-electron chi connectivity index (χ4n) is 2.68. The van der Waals surface area contributed by atoms with Crippen molar-refractivity contribution in [1.29, 1.82) is 0 Å². The van der Waals surface area contributed by atoms with Crippen LogP contribution in [0.1, 0.15) is 29.0 Å². The molecule has 0 aliphatic rings. The highest BCUT2D eigenvalue weighted by atomic mass is 35.5. The first-order chi connectivity index (χ1) is 12.3. The summed E-state index contributed by atoms with van der Waals surface area (Å²) in [6.07, 6.45) is 0. The second-order valence-corrected chi connectivity index (χ2v) is 6.62. The number of hydrogen-bond acceptors (Lipinski definition) is 3. The molecule has 1 atom stereocenters. The van der Waals surface area contributed by atoms with Crippen molar-refractivity contribution in [2.75, 3.05) is 0 Å². The molecule has 0 fully saturated rings. The fraction of sp³-hybridized carbons (Fsp3) is 0.167. The van der Waals surface area contributed by atoms with Crippen LogP contribution in [0.15, 0.2) is 41.2 Å². The number of amides is 1. The molecule has 3 rings (SSSR count). The van der Waals surface area contributed by atoms with Crippen LogP contribution in [0, 0.1) is 5.82 Å². The van der Waals surface area contributed by atoms with Gasteiger partial charge in [0.25, 0.3) is 11.5 Å². The number of aromatic nitrogens is 2. The van der Waals surface area contributed by atoms with Gasteiger partial charge in [0.15, 0.2) is 5.69 Å². The third kappa shape index (κ3) is 3.30. The minimum absolute atomic E-state index is 0.0944. The Morgan fingerprint density at radius 3 is 2.54 bits per heavy atom. The van der Waals surface area contributed by atoms with E-state index in [4.69, 9.17) is 23.2 Å². The molecule has 5 nitrogen and oxygen atoms in total. The highest BCUT2D eigenvalue weighted by molar-refractivity contribution is 6.35. The summed E-state index contributed by atoms with van der Waals surface area (Å²) in [5, 5.41) is 7.76. The van der Waals surface area contributed by atoms with E-state index in [1.165, 1.54) is 19.2 Å². The maximum absolute atomic E-state index is 13.7. The first-order valence-corrected chi connectivity index (χ1v) is 8.46. The van der Waals surface area contributed by atoms with E-state index < -0.39 is 17.8 Å². The molecule has 0 aliphatic heterocycles. The lowest BCUT2D eigenvalue weighted by molar-refractivity contribution is 0.0934. The van der Waals surface area contributed by atoms with Gasteiger partial charge in [-0.15, -0.1) is 0 Å². The summed E-state index contributed by atoms with van der Waals surface area (Å²) in [4.78, 5) is 24.9. The van der Waals surface area contributed by atoms with Crippen molar-refractivity contribution < 1.29 is 9.18 Å². The topological polar surface area (TPSA) is 64.0 Å². The number of fused-ring (bicyclic) bond motifs is 1. The van der Waals surface area contributed by atoms with E-state index in [9.17, 15) is 14.0 Å². The van der Waals surface area contributed by atoms with Crippen molar-refractivity contribution in [3.8, 4) is 0 Å². The molecule has 0 bridgehead atoms. The van der Waals surface area contributed by atoms with Gasteiger partial charge in [-0.25, -0.2) is 9.07 Å². The monoisotopic (exact) mass is 393 g/mol. The van der Waals surface area contributed by atoms with Crippen molar-refractivity contribution in [3.05, 3.63) is 73.9 Å². The molecule has 0 saturated heterocycles. The van der Waals surface area contributed by atoms with E-state index in [0.717, 1.165) is 4.68 Å². The average Bonchev–Trinajstić information content (AvgIpc) is 2.61. The SMILES string of the molecule is C[C@H](NC(=O)c1nn(C)c(=O)c2ccccc12)c1cc(F)c(Cl)cc1Cl. The van der Waals surface area contributed by atoms with Crippen LogP contribution in [-0.4, -0.2) is 15.7 Å². The van der Waals surface area contributed by atoms with Gasteiger partial charge in [-0.3, -0.25) is 9.59 Å². The minimum Gasteiger partial charge on any atom is -0.344 e. The average molecular weight is 394 g/mol. The van der Waals surface area contributed by atoms with Crippen LogP contribution < -0.4 is 10.9 Å². The van der Waals surface area contributed by atoms with E-state index in [1.807, 2.05) is 0 Å². The van der Waals surface area contributed by atoms with Crippen LogP contribution in [0.25, 0.3) is 10.8 Å². The zero-order valence-corrected chi connectivity index (χ0v) is 15.4. The van der Waals surface area contributed by atoms with E-state index in [1.54, 1.807) is 31.2 Å². The Balaban J connectivity index is 1.99. The highest BCUT2D eigenvalue weighted by Gasteiger charge is 2.20. The molecule has 2 aromatic carbocycles. The van der Waals surface area contributed by atoms with Crippen LogP contribution in [0.4, 0.5) is 4.39 Å². The van der Waals surface area contributed by atoms with Crippen molar-refractivity contribution in [3.63, 3.8) is 0 Å². The van der Waals surface area contributed by atoms with Crippen molar-refractivity contribution in [2.24, 2.45) is 7.05 Å². The lowest BCUT2D eigenvalue weighted by Gasteiger charge is -2.17. The lowest BCUT2D eigenvalue weighted by atomic mass is 10.1. The number of aryl methyl sites for hydroxylation is 1. The summed E-state index contributed by atoms with van der Waals surface area (Å²) in [6.45, 7) is 1.66. The number of halogens is 3. The molecule has 8 heteroatoms. The number of nitrogens with one attached hydrogen (secondary N) is 1. The minimum atomic E-state index is -0.627. The van der Waals surface area contributed by atoms with Gasteiger partial charge in [-0.2, -0.15) is 5.10 Å². The maximum atomic E-state index is 13.7. The summed E-state index contributed by atoms with van der Waals surface area (Å²) in [5.41, 5.74) is 0.184. The summed E-state index contributed by atoms with van der Waals surface area (Å²) >= 11 is 11.8. The molecule has 1 aromatic heterocycles. The second-order valence-electron chi connectivity index (χ2n) is 5.81. The van der Waals surface area contributed by atoms with E-state index in [2.05, 4.69) is 10.4 Å². The third-order valence-electron chi connectivity index (χ3n) is 4.03. The van der Waals surface area contributed by atoms with E-state index >= 15 is 0 Å². The molecular weight excluding hydrogens is 380 g/mol. The summed E-state index contributed by atoms with van der Waals surface area (Å²) in [7, 11) is 1.47. The van der Waals surface area contributed by atoms with Crippen LogP contribution in [0.2, 0.25) is 10.0 Å². The first-order valence-electron chi connectivity index (χ1n) is 7.71. The number of rotatable bonds is 3. The quantitative estimate of drug-likeness (QED) is 0.686. The molecule has 1 heterocycles. The molecule has 0 saturated carbocycles. The van der Waals surface area contributed by atoms with Gasteiger partial charge in [-0.05, 0) is 30.7 Å². The summed E-state index contributed by atoms with van der Waals surface area (Å²) < 4.78 is 14.8. The molecule has 0 unspecified atom stereocenters. The number of hydrogen-bond donors (Lipinski definition) is 1. The number of carbonyl (C=O) groups is 1. The molecule has 0 spiro atoms. The maximum Gasteiger partial charge on any atom is 0.274 e. The third-order valence-corrected chi connectivity index (χ3v) is 4.64. The zero-order valence-electron chi connectivity index (χ0n) is 13.9. The molecular formula is C18H14Cl2FN3O2. The molecule has 1 N–H and O–H groups in total. The Morgan fingerprint density at radius 1 is 1.19 bits per heavy atom. The second kappa shape index (κ2) is 7.05. The van der Waals surface area contributed by atoms with Gasteiger partial charge < -0.3 is 5.32 Å². The predicted molar refractivity (Wildman–Crippen MR) is 99.3 cm³/mol. The molecule has 0 aliphatic carbocycles. The van der Waals surface area contributed by atoms with Crippen LogP contribution >= 0.6 is 23.2 Å². The Kier molecular flexibility index (Phi) is 4.98. The van der Waals surface area contributed by atoms with Crippen molar-refractivity contribution >= 4 is 39.9 Å². The van der Waals surface area contributed by atoms with Crippen molar-refractivity contribution in [1.82, 2.24) is 15.1 Å². The van der Waals surface area contributed by atoms with Gasteiger partial charge in [0.1, 0.15) is 5.82 Å². The fourth-order valence-corrected chi connectivity index (χ4v) is 3.23.